The quantitative estimate of drug-likeness (QED) is 0.468. The van der Waals surface area contributed by atoms with Crippen LogP contribution in [0.25, 0.3) is 0 Å². The van der Waals surface area contributed by atoms with E-state index < -0.39 is 0 Å². The highest BCUT2D eigenvalue weighted by molar-refractivity contribution is 8.15. The fourth-order valence-electron chi connectivity index (χ4n) is 1.26. The summed E-state index contributed by atoms with van der Waals surface area (Å²) in [5.41, 5.74) is 1.05. The van der Waals surface area contributed by atoms with Crippen LogP contribution in [0, 0.1) is 0 Å². The number of hydrogen-bond donors (Lipinski definition) is 0. The molecule has 1 aliphatic heterocycles. The molecule has 0 aromatic rings. The van der Waals surface area contributed by atoms with Crippen molar-refractivity contribution in [2.45, 2.75) is 32.4 Å². The molecule has 4 heteroatoms. The maximum atomic E-state index is 4.50. The molecule has 0 aromatic carbocycles. The monoisotopic (exact) mass is 225 g/mol. The van der Waals surface area contributed by atoms with Gasteiger partial charge < -0.3 is 4.90 Å². The van der Waals surface area contributed by atoms with Crippen LogP contribution in [0.4, 0.5) is 0 Å². The Balaban J connectivity index is 2.90. The van der Waals surface area contributed by atoms with Gasteiger partial charge in [0.05, 0.1) is 0 Å². The van der Waals surface area contributed by atoms with Crippen molar-refractivity contribution in [2.75, 3.05) is 14.1 Å². The molecule has 0 amide bonds. The average molecular weight is 225 g/mol. The third kappa shape index (κ3) is 3.70. The van der Waals surface area contributed by atoms with Crippen molar-refractivity contribution in [3.05, 3.63) is 11.8 Å². The summed E-state index contributed by atoms with van der Waals surface area (Å²) >= 11 is 1.70. The molecule has 0 bridgehead atoms. The van der Waals surface area contributed by atoms with Gasteiger partial charge in [0.2, 0.25) is 0 Å². The Morgan fingerprint density at radius 1 is 1.47 bits per heavy atom. The van der Waals surface area contributed by atoms with Crippen LogP contribution in [0.5, 0.6) is 0 Å². The first-order valence-corrected chi connectivity index (χ1v) is 5.81. The molecule has 0 spiro atoms. The molecule has 0 N–H and O–H groups in total. The fourth-order valence-corrected chi connectivity index (χ4v) is 2.33. The van der Waals surface area contributed by atoms with Gasteiger partial charge in [-0.15, -0.1) is 0 Å². The maximum absolute atomic E-state index is 4.50. The van der Waals surface area contributed by atoms with Gasteiger partial charge in [0, 0.05) is 24.5 Å². The lowest BCUT2D eigenvalue weighted by atomic mass is 10.2. The minimum Gasteiger partial charge on any atom is -0.366 e. The second-order valence-electron chi connectivity index (χ2n) is 4.44. The first kappa shape index (κ1) is 12.3. The summed E-state index contributed by atoms with van der Waals surface area (Å²) in [6.45, 7) is 8.36. The van der Waals surface area contributed by atoms with Gasteiger partial charge in [-0.2, -0.15) is 0 Å². The van der Waals surface area contributed by atoms with Crippen LogP contribution in [0.15, 0.2) is 21.8 Å². The van der Waals surface area contributed by atoms with Crippen LogP contribution >= 0.6 is 11.8 Å². The summed E-state index contributed by atoms with van der Waals surface area (Å²) in [7, 11) is 3.97. The van der Waals surface area contributed by atoms with Gasteiger partial charge in [-0.05, 0) is 33.8 Å². The standard InChI is InChI=1S/C11H19N3S/c1-8-7-11(3,4)15-10(12-8)13-9(2)14(5)6/h7H,1-6H3/b13-9+. The summed E-state index contributed by atoms with van der Waals surface area (Å²) in [5.74, 6) is 0.978. The largest absolute Gasteiger partial charge is 0.366 e. The van der Waals surface area contributed by atoms with Crippen LogP contribution < -0.4 is 0 Å². The molecule has 15 heavy (non-hydrogen) atoms. The van der Waals surface area contributed by atoms with E-state index in [9.17, 15) is 0 Å². The molecule has 0 radical (unpaired) electrons. The van der Waals surface area contributed by atoms with E-state index >= 15 is 0 Å². The molecule has 1 rings (SSSR count). The minimum absolute atomic E-state index is 0.0945. The number of rotatable bonds is 0. The van der Waals surface area contributed by atoms with Gasteiger partial charge in [0.25, 0.3) is 0 Å². The fraction of sp³-hybridized carbons (Fsp3) is 0.636. The van der Waals surface area contributed by atoms with Crippen LogP contribution in [0.3, 0.4) is 0 Å². The molecule has 0 atom stereocenters. The highest BCUT2D eigenvalue weighted by atomic mass is 32.2. The van der Waals surface area contributed by atoms with Crippen molar-refractivity contribution in [2.24, 2.45) is 9.98 Å². The molecule has 0 fully saturated rings. The Morgan fingerprint density at radius 2 is 2.07 bits per heavy atom. The van der Waals surface area contributed by atoms with Crippen molar-refractivity contribution in [1.29, 1.82) is 0 Å². The lowest BCUT2D eigenvalue weighted by Crippen LogP contribution is -2.22. The molecule has 0 aliphatic carbocycles. The Hall–Kier alpha value is -0.770. The molecule has 0 saturated carbocycles. The number of aliphatic imine (C=N–C) groups is 2. The van der Waals surface area contributed by atoms with E-state index in [1.54, 1.807) is 11.8 Å². The van der Waals surface area contributed by atoms with E-state index in [1.807, 2.05) is 32.8 Å². The maximum Gasteiger partial charge on any atom is 0.190 e. The molecule has 0 unspecified atom stereocenters. The predicted molar refractivity (Wildman–Crippen MR) is 69.7 cm³/mol. The Bertz CT molecular complexity index is 338. The van der Waals surface area contributed by atoms with Crippen LogP contribution in [0.2, 0.25) is 0 Å². The van der Waals surface area contributed by atoms with E-state index in [0.717, 1.165) is 16.7 Å². The van der Waals surface area contributed by atoms with Crippen LogP contribution in [-0.2, 0) is 0 Å². The Labute approximate surface area is 96.4 Å². The topological polar surface area (TPSA) is 28.0 Å². The van der Waals surface area contributed by atoms with Gasteiger partial charge >= 0.3 is 0 Å². The normalized spacial score (nSPS) is 20.8. The Kier molecular flexibility index (Phi) is 3.60. The molecule has 3 nitrogen and oxygen atoms in total. The van der Waals surface area contributed by atoms with Gasteiger partial charge in [0.15, 0.2) is 5.17 Å². The van der Waals surface area contributed by atoms with Crippen molar-refractivity contribution >= 4 is 22.8 Å². The summed E-state index contributed by atoms with van der Waals surface area (Å²) in [6.07, 6.45) is 2.17. The number of hydrogen-bond acceptors (Lipinski definition) is 3. The third-order valence-corrected chi connectivity index (χ3v) is 3.10. The SMILES string of the molecule is CC1=CC(C)(C)SC(/N=C(\C)N(C)C)=N1. The zero-order chi connectivity index (χ0) is 11.6. The molecule has 0 aromatic heterocycles. The minimum atomic E-state index is 0.0945. The van der Waals surface area contributed by atoms with Crippen LogP contribution in [0.1, 0.15) is 27.7 Å². The zero-order valence-corrected chi connectivity index (χ0v) is 11.1. The van der Waals surface area contributed by atoms with Crippen molar-refractivity contribution in [3.8, 4) is 0 Å². The van der Waals surface area contributed by atoms with Gasteiger partial charge in [-0.1, -0.05) is 11.8 Å². The van der Waals surface area contributed by atoms with E-state index in [0.29, 0.717) is 0 Å². The van der Waals surface area contributed by atoms with Crippen molar-refractivity contribution in [1.82, 2.24) is 4.90 Å². The smallest absolute Gasteiger partial charge is 0.190 e. The molecule has 1 heterocycles. The average Bonchev–Trinajstić information content (AvgIpc) is 1.99. The second kappa shape index (κ2) is 4.39. The van der Waals surface area contributed by atoms with E-state index in [2.05, 4.69) is 29.9 Å². The van der Waals surface area contributed by atoms with Gasteiger partial charge in [-0.25, -0.2) is 9.98 Å². The lowest BCUT2D eigenvalue weighted by molar-refractivity contribution is 0.620. The van der Waals surface area contributed by atoms with Gasteiger partial charge in [0.1, 0.15) is 5.84 Å². The number of allylic oxidation sites excluding steroid dienone is 1. The highest BCUT2D eigenvalue weighted by Gasteiger charge is 2.23. The first-order valence-electron chi connectivity index (χ1n) is 5.00. The third-order valence-electron chi connectivity index (χ3n) is 2.09. The summed E-state index contributed by atoms with van der Waals surface area (Å²) in [4.78, 5) is 10.9. The molecule has 1 aliphatic rings. The Morgan fingerprint density at radius 3 is 2.53 bits per heavy atom. The summed E-state index contributed by atoms with van der Waals surface area (Å²) in [5, 5.41) is 0.853. The molecular formula is C11H19N3S. The molecule has 84 valence electrons. The predicted octanol–water partition coefficient (Wildman–Crippen LogP) is 2.75. The second-order valence-corrected chi connectivity index (χ2v) is 6.06. The molecule has 0 saturated heterocycles. The van der Waals surface area contributed by atoms with Crippen LogP contribution in [-0.4, -0.2) is 34.7 Å². The number of amidine groups is 2. The van der Waals surface area contributed by atoms with Crippen molar-refractivity contribution < 1.29 is 0 Å². The zero-order valence-electron chi connectivity index (χ0n) is 10.3. The number of nitrogens with zero attached hydrogens (tertiary/aromatic N) is 3. The van der Waals surface area contributed by atoms with Crippen molar-refractivity contribution in [3.63, 3.8) is 0 Å². The molecular weight excluding hydrogens is 206 g/mol. The van der Waals surface area contributed by atoms with Gasteiger partial charge in [-0.3, -0.25) is 0 Å². The lowest BCUT2D eigenvalue weighted by Gasteiger charge is -2.24. The van der Waals surface area contributed by atoms with E-state index in [4.69, 9.17) is 0 Å². The highest BCUT2D eigenvalue weighted by Crippen LogP contribution is 2.33. The summed E-state index contributed by atoms with van der Waals surface area (Å²) in [6, 6.07) is 0. The summed E-state index contributed by atoms with van der Waals surface area (Å²) < 4.78 is 0.0945. The van der Waals surface area contributed by atoms with E-state index in [-0.39, 0.29) is 4.75 Å². The number of thioether (sulfide) groups is 1. The first-order chi connectivity index (χ1) is 6.80. The van der Waals surface area contributed by atoms with E-state index in [1.165, 1.54) is 0 Å².